The van der Waals surface area contributed by atoms with Crippen molar-refractivity contribution in [1.29, 1.82) is 0 Å². The van der Waals surface area contributed by atoms with E-state index in [0.29, 0.717) is 17.9 Å². The van der Waals surface area contributed by atoms with Gasteiger partial charge in [-0.1, -0.05) is 0 Å². The third-order valence-corrected chi connectivity index (χ3v) is 6.04. The maximum atomic E-state index is 6.50. The number of nitrogens with zero attached hydrogens (tertiary/aromatic N) is 5. The van der Waals surface area contributed by atoms with Crippen molar-refractivity contribution in [1.82, 2.24) is 19.9 Å². The van der Waals surface area contributed by atoms with Gasteiger partial charge in [0.1, 0.15) is 11.3 Å². The van der Waals surface area contributed by atoms with Gasteiger partial charge in [0.25, 0.3) is 0 Å². The third kappa shape index (κ3) is 4.67. The number of methoxy groups -OCH3 is 1. The molecule has 0 atom stereocenters. The summed E-state index contributed by atoms with van der Waals surface area (Å²) < 4.78 is 17.2. The molecule has 0 bridgehead atoms. The number of nitrogens with one attached hydrogen (secondary N) is 1. The van der Waals surface area contributed by atoms with Gasteiger partial charge in [0.15, 0.2) is 0 Å². The molecule has 9 nitrogen and oxygen atoms in total. The maximum Gasteiger partial charge on any atom is 0.226 e. The van der Waals surface area contributed by atoms with E-state index in [1.165, 1.54) is 0 Å². The second kappa shape index (κ2) is 9.52. The minimum absolute atomic E-state index is 0.143. The predicted molar refractivity (Wildman–Crippen MR) is 121 cm³/mol. The van der Waals surface area contributed by atoms with Crippen LogP contribution in [0.15, 0.2) is 36.8 Å². The molecule has 1 saturated carbocycles. The van der Waals surface area contributed by atoms with E-state index in [-0.39, 0.29) is 6.10 Å². The van der Waals surface area contributed by atoms with Gasteiger partial charge >= 0.3 is 0 Å². The molecule has 0 amide bonds. The third-order valence-electron chi connectivity index (χ3n) is 6.04. The molecule has 2 aromatic heterocycles. The Bertz CT molecular complexity index is 1050. The number of fused-ring (bicyclic) bond motifs is 1. The lowest BCUT2D eigenvalue weighted by molar-refractivity contribution is 0.122. The standard InChI is InChI=1S/C23H28N6O3/c1-30-21-6-7-26-23(28-21)27-16-2-4-18(5-3-16)32-20-15-17(29-10-12-31-13-11-29)14-19-22(20)25-9-8-24-19/h6-9,14-16,18H,2-5,10-13H2,1H3,(H,26,27,28). The van der Waals surface area contributed by atoms with Crippen LogP contribution in [0.4, 0.5) is 11.6 Å². The molecule has 1 aromatic carbocycles. The molecule has 0 spiro atoms. The Kier molecular flexibility index (Phi) is 6.15. The Morgan fingerprint density at radius 3 is 2.62 bits per heavy atom. The molecule has 0 radical (unpaired) electrons. The molecule has 3 heterocycles. The number of hydrogen-bond acceptors (Lipinski definition) is 9. The van der Waals surface area contributed by atoms with Crippen LogP contribution in [-0.4, -0.2) is 65.5 Å². The van der Waals surface area contributed by atoms with Crippen LogP contribution in [0.5, 0.6) is 11.6 Å². The van der Waals surface area contributed by atoms with Gasteiger partial charge in [0.05, 0.1) is 31.9 Å². The number of hydrogen-bond donors (Lipinski definition) is 1. The van der Waals surface area contributed by atoms with E-state index in [0.717, 1.165) is 74.5 Å². The molecule has 0 unspecified atom stereocenters. The van der Waals surface area contributed by atoms with Crippen molar-refractivity contribution in [2.75, 3.05) is 43.6 Å². The minimum Gasteiger partial charge on any atom is -0.488 e. The zero-order valence-corrected chi connectivity index (χ0v) is 18.2. The molecular formula is C23H28N6O3. The molecule has 2 fully saturated rings. The van der Waals surface area contributed by atoms with Crippen molar-refractivity contribution in [3.63, 3.8) is 0 Å². The lowest BCUT2D eigenvalue weighted by Crippen LogP contribution is -2.36. The predicted octanol–water partition coefficient (Wildman–Crippen LogP) is 3.07. The molecule has 1 saturated heterocycles. The Hall–Kier alpha value is -3.20. The number of rotatable bonds is 6. The molecule has 2 aliphatic rings. The van der Waals surface area contributed by atoms with Crippen molar-refractivity contribution in [2.45, 2.75) is 37.8 Å². The first kappa shape index (κ1) is 20.7. The van der Waals surface area contributed by atoms with Crippen LogP contribution in [0.3, 0.4) is 0 Å². The lowest BCUT2D eigenvalue weighted by Gasteiger charge is -2.31. The first-order valence-electron chi connectivity index (χ1n) is 11.2. The van der Waals surface area contributed by atoms with Crippen molar-refractivity contribution in [3.8, 4) is 11.6 Å². The summed E-state index contributed by atoms with van der Waals surface area (Å²) in [6, 6.07) is 6.26. The van der Waals surface area contributed by atoms with Gasteiger partial charge < -0.3 is 24.4 Å². The van der Waals surface area contributed by atoms with Gasteiger partial charge in [0.2, 0.25) is 11.8 Å². The zero-order chi connectivity index (χ0) is 21.8. The van der Waals surface area contributed by atoms with Gasteiger partial charge in [-0.25, -0.2) is 9.97 Å². The van der Waals surface area contributed by atoms with Crippen LogP contribution < -0.4 is 19.7 Å². The molecule has 1 aliphatic heterocycles. The maximum absolute atomic E-state index is 6.50. The van der Waals surface area contributed by atoms with Crippen LogP contribution in [0.2, 0.25) is 0 Å². The normalized spacial score (nSPS) is 21.3. The van der Waals surface area contributed by atoms with Crippen LogP contribution in [-0.2, 0) is 4.74 Å². The Morgan fingerprint density at radius 1 is 1.00 bits per heavy atom. The summed E-state index contributed by atoms with van der Waals surface area (Å²) in [5, 5.41) is 3.42. The van der Waals surface area contributed by atoms with E-state index >= 15 is 0 Å². The van der Waals surface area contributed by atoms with E-state index in [1.807, 2.05) is 0 Å². The molecule has 9 heteroatoms. The summed E-state index contributed by atoms with van der Waals surface area (Å²) >= 11 is 0. The first-order valence-corrected chi connectivity index (χ1v) is 11.2. The minimum atomic E-state index is 0.143. The number of ether oxygens (including phenoxy) is 3. The van der Waals surface area contributed by atoms with Gasteiger partial charge in [-0.3, -0.25) is 4.98 Å². The van der Waals surface area contributed by atoms with E-state index in [2.05, 4.69) is 42.3 Å². The Balaban J connectivity index is 1.26. The number of anilines is 2. The second-order valence-corrected chi connectivity index (χ2v) is 8.13. The number of morpholine rings is 1. The van der Waals surface area contributed by atoms with Gasteiger partial charge in [-0.2, -0.15) is 4.98 Å². The van der Waals surface area contributed by atoms with E-state index < -0.39 is 0 Å². The van der Waals surface area contributed by atoms with Gasteiger partial charge in [-0.05, 0) is 31.7 Å². The van der Waals surface area contributed by atoms with Crippen LogP contribution in [0.25, 0.3) is 11.0 Å². The van der Waals surface area contributed by atoms with Gasteiger partial charge in [0, 0.05) is 55.5 Å². The number of aromatic nitrogens is 4. The fraction of sp³-hybridized carbons (Fsp3) is 0.478. The fourth-order valence-corrected chi connectivity index (χ4v) is 4.34. The second-order valence-electron chi connectivity index (χ2n) is 8.13. The van der Waals surface area contributed by atoms with Crippen LogP contribution >= 0.6 is 0 Å². The molecule has 3 aromatic rings. The molecule has 168 valence electrons. The summed E-state index contributed by atoms with van der Waals surface area (Å²) in [5.41, 5.74) is 2.79. The monoisotopic (exact) mass is 436 g/mol. The zero-order valence-electron chi connectivity index (χ0n) is 18.2. The summed E-state index contributed by atoms with van der Waals surface area (Å²) in [5.74, 6) is 1.98. The highest BCUT2D eigenvalue weighted by Crippen LogP contribution is 2.33. The van der Waals surface area contributed by atoms with Crippen LogP contribution in [0.1, 0.15) is 25.7 Å². The topological polar surface area (TPSA) is 94.5 Å². The average molecular weight is 437 g/mol. The first-order chi connectivity index (χ1) is 15.8. The Labute approximate surface area is 187 Å². The van der Waals surface area contributed by atoms with Crippen molar-refractivity contribution < 1.29 is 14.2 Å². The summed E-state index contributed by atoms with van der Waals surface area (Å²) in [7, 11) is 1.61. The summed E-state index contributed by atoms with van der Waals surface area (Å²) in [4.78, 5) is 20.0. The highest BCUT2D eigenvalue weighted by molar-refractivity contribution is 5.85. The molecule has 1 aliphatic carbocycles. The van der Waals surface area contributed by atoms with Gasteiger partial charge in [-0.15, -0.1) is 0 Å². The number of benzene rings is 1. The molecule has 5 rings (SSSR count). The summed E-state index contributed by atoms with van der Waals surface area (Å²) in [6.45, 7) is 3.22. The summed E-state index contributed by atoms with van der Waals surface area (Å²) in [6.07, 6.45) is 9.16. The van der Waals surface area contributed by atoms with E-state index in [9.17, 15) is 0 Å². The average Bonchev–Trinajstić information content (AvgIpc) is 2.86. The largest absolute Gasteiger partial charge is 0.488 e. The molecular weight excluding hydrogens is 408 g/mol. The van der Waals surface area contributed by atoms with E-state index in [4.69, 9.17) is 14.2 Å². The molecule has 32 heavy (non-hydrogen) atoms. The molecule has 1 N–H and O–H groups in total. The van der Waals surface area contributed by atoms with Crippen molar-refractivity contribution in [2.24, 2.45) is 0 Å². The smallest absolute Gasteiger partial charge is 0.226 e. The highest BCUT2D eigenvalue weighted by atomic mass is 16.5. The van der Waals surface area contributed by atoms with Crippen molar-refractivity contribution in [3.05, 3.63) is 36.8 Å². The fourth-order valence-electron chi connectivity index (χ4n) is 4.34. The SMILES string of the molecule is COc1ccnc(NC2CCC(Oc3cc(N4CCOCC4)cc4nccnc34)CC2)n1. The quantitative estimate of drug-likeness (QED) is 0.625. The highest BCUT2D eigenvalue weighted by Gasteiger charge is 2.24. The van der Waals surface area contributed by atoms with Crippen LogP contribution in [0, 0.1) is 0 Å². The Morgan fingerprint density at radius 2 is 1.81 bits per heavy atom. The van der Waals surface area contributed by atoms with E-state index in [1.54, 1.807) is 31.8 Å². The van der Waals surface area contributed by atoms with Crippen molar-refractivity contribution >= 4 is 22.7 Å². The lowest BCUT2D eigenvalue weighted by atomic mass is 9.93.